The van der Waals surface area contributed by atoms with Crippen LogP contribution in [0.2, 0.25) is 0 Å². The largest absolute Gasteiger partial charge is 0.338 e. The second kappa shape index (κ2) is 8.03. The molecule has 136 valence electrons. The maximum Gasteiger partial charge on any atom is 0.257 e. The van der Waals surface area contributed by atoms with Gasteiger partial charge in [0.1, 0.15) is 5.69 Å². The third kappa shape index (κ3) is 3.67. The molecule has 0 spiro atoms. The molecule has 1 aliphatic heterocycles. The number of thiophene rings is 1. The van der Waals surface area contributed by atoms with E-state index in [1.54, 1.807) is 16.0 Å². The van der Waals surface area contributed by atoms with Crippen LogP contribution >= 0.6 is 23.7 Å². The Morgan fingerprint density at radius 3 is 2.50 bits per heavy atom. The van der Waals surface area contributed by atoms with Gasteiger partial charge in [0.25, 0.3) is 5.91 Å². The van der Waals surface area contributed by atoms with E-state index in [4.69, 9.17) is 10.8 Å². The molecular formula is C19H21ClN4OS. The zero-order valence-electron chi connectivity index (χ0n) is 14.2. The Labute approximate surface area is 162 Å². The monoisotopic (exact) mass is 388 g/mol. The van der Waals surface area contributed by atoms with Crippen molar-refractivity contribution in [3.8, 4) is 16.3 Å². The Kier molecular flexibility index (Phi) is 5.76. The predicted octanol–water partition coefficient (Wildman–Crippen LogP) is 3.59. The second-order valence-electron chi connectivity index (χ2n) is 6.28. The molecule has 3 heterocycles. The summed E-state index contributed by atoms with van der Waals surface area (Å²) in [6, 6.07) is 14.1. The second-order valence-corrected chi connectivity index (χ2v) is 7.23. The van der Waals surface area contributed by atoms with Crippen molar-refractivity contribution in [3.63, 3.8) is 0 Å². The number of para-hydroxylation sites is 1. The van der Waals surface area contributed by atoms with E-state index in [1.807, 2.05) is 58.9 Å². The number of hydrogen-bond acceptors (Lipinski definition) is 4. The Morgan fingerprint density at radius 2 is 1.85 bits per heavy atom. The van der Waals surface area contributed by atoms with Gasteiger partial charge in [-0.15, -0.1) is 23.7 Å². The van der Waals surface area contributed by atoms with Crippen LogP contribution in [0.1, 0.15) is 23.2 Å². The number of nitrogens with zero attached hydrogens (tertiary/aromatic N) is 3. The lowest BCUT2D eigenvalue weighted by atomic mass is 10.0. The number of piperidine rings is 1. The molecule has 5 nitrogen and oxygen atoms in total. The topological polar surface area (TPSA) is 64.2 Å². The fraction of sp³-hybridized carbons (Fsp3) is 0.263. The van der Waals surface area contributed by atoms with Crippen LogP contribution in [-0.4, -0.2) is 39.7 Å². The summed E-state index contributed by atoms with van der Waals surface area (Å²) in [5.41, 5.74) is 8.32. The molecule has 0 unspecified atom stereocenters. The summed E-state index contributed by atoms with van der Waals surface area (Å²) in [7, 11) is 0. The lowest BCUT2D eigenvalue weighted by Crippen LogP contribution is -2.42. The molecule has 0 atom stereocenters. The first kappa shape index (κ1) is 18.6. The smallest absolute Gasteiger partial charge is 0.257 e. The van der Waals surface area contributed by atoms with Crippen molar-refractivity contribution in [2.24, 2.45) is 5.73 Å². The van der Waals surface area contributed by atoms with Gasteiger partial charge in [-0.1, -0.05) is 24.3 Å². The average Bonchev–Trinajstić information content (AvgIpc) is 3.32. The van der Waals surface area contributed by atoms with Crippen LogP contribution < -0.4 is 5.73 Å². The number of halogens is 1. The summed E-state index contributed by atoms with van der Waals surface area (Å²) >= 11 is 1.60. The molecule has 26 heavy (non-hydrogen) atoms. The first-order valence-electron chi connectivity index (χ1n) is 8.46. The van der Waals surface area contributed by atoms with Gasteiger partial charge in [-0.3, -0.25) is 4.79 Å². The number of aromatic nitrogens is 2. The first-order chi connectivity index (χ1) is 12.2. The molecular weight excluding hydrogens is 368 g/mol. The molecule has 0 radical (unpaired) electrons. The molecule has 3 aromatic rings. The number of amides is 1. The van der Waals surface area contributed by atoms with Gasteiger partial charge in [0.05, 0.1) is 16.1 Å². The Hall–Kier alpha value is -2.15. The summed E-state index contributed by atoms with van der Waals surface area (Å²) < 4.78 is 1.79. The number of carbonyl (C=O) groups is 1. The molecule has 0 aliphatic carbocycles. The van der Waals surface area contributed by atoms with E-state index in [0.717, 1.165) is 29.1 Å². The minimum absolute atomic E-state index is 0. The van der Waals surface area contributed by atoms with E-state index in [0.29, 0.717) is 18.7 Å². The van der Waals surface area contributed by atoms with Crippen molar-refractivity contribution in [1.82, 2.24) is 14.7 Å². The van der Waals surface area contributed by atoms with Crippen molar-refractivity contribution in [1.29, 1.82) is 0 Å². The van der Waals surface area contributed by atoms with Gasteiger partial charge in [-0.05, 0) is 36.4 Å². The Balaban J connectivity index is 0.00000196. The molecule has 1 fully saturated rings. The zero-order valence-corrected chi connectivity index (χ0v) is 15.9. The van der Waals surface area contributed by atoms with Crippen LogP contribution in [0.25, 0.3) is 16.3 Å². The summed E-state index contributed by atoms with van der Waals surface area (Å²) in [4.78, 5) is 16.0. The van der Waals surface area contributed by atoms with E-state index in [9.17, 15) is 4.79 Å². The lowest BCUT2D eigenvalue weighted by molar-refractivity contribution is 0.0715. The van der Waals surface area contributed by atoms with E-state index in [-0.39, 0.29) is 24.4 Å². The maximum absolute atomic E-state index is 13.1. The highest BCUT2D eigenvalue weighted by Crippen LogP contribution is 2.29. The van der Waals surface area contributed by atoms with E-state index in [1.165, 1.54) is 0 Å². The van der Waals surface area contributed by atoms with Gasteiger partial charge < -0.3 is 10.6 Å². The van der Waals surface area contributed by atoms with Gasteiger partial charge in [-0.25, -0.2) is 4.68 Å². The summed E-state index contributed by atoms with van der Waals surface area (Å²) in [6.45, 7) is 1.42. The average molecular weight is 389 g/mol. The molecule has 1 amide bonds. The number of rotatable bonds is 3. The lowest BCUT2D eigenvalue weighted by Gasteiger charge is -2.30. The Morgan fingerprint density at radius 1 is 1.12 bits per heavy atom. The molecule has 0 bridgehead atoms. The van der Waals surface area contributed by atoms with E-state index >= 15 is 0 Å². The number of nitrogens with two attached hydrogens (primary N) is 1. The molecule has 2 N–H and O–H groups in total. The van der Waals surface area contributed by atoms with Crippen molar-refractivity contribution >= 4 is 29.7 Å². The number of carbonyl (C=O) groups excluding carboxylic acids is 1. The quantitative estimate of drug-likeness (QED) is 0.745. The molecule has 1 aromatic carbocycles. The van der Waals surface area contributed by atoms with E-state index < -0.39 is 0 Å². The minimum Gasteiger partial charge on any atom is -0.338 e. The predicted molar refractivity (Wildman–Crippen MR) is 107 cm³/mol. The first-order valence-corrected chi connectivity index (χ1v) is 9.34. The van der Waals surface area contributed by atoms with Crippen molar-refractivity contribution in [3.05, 3.63) is 59.6 Å². The molecule has 1 saturated heterocycles. The number of benzene rings is 1. The SMILES string of the molecule is Cl.NC1CCN(C(=O)c2cn(-c3ccccc3)nc2-c2cccs2)CC1. The van der Waals surface area contributed by atoms with Gasteiger partial charge in [0, 0.05) is 25.3 Å². The van der Waals surface area contributed by atoms with Crippen LogP contribution in [0.5, 0.6) is 0 Å². The highest BCUT2D eigenvalue weighted by Gasteiger charge is 2.26. The fourth-order valence-electron chi connectivity index (χ4n) is 3.11. The van der Waals surface area contributed by atoms with Gasteiger partial charge in [-0.2, -0.15) is 5.10 Å². The van der Waals surface area contributed by atoms with Crippen molar-refractivity contribution in [2.75, 3.05) is 13.1 Å². The molecule has 2 aromatic heterocycles. The standard InChI is InChI=1S/C19H20N4OS.ClH/c20-14-8-10-22(11-9-14)19(24)16-13-23(15-5-2-1-3-6-15)21-18(16)17-7-4-12-25-17;/h1-7,12-14H,8-11,20H2;1H. The number of hydrogen-bond donors (Lipinski definition) is 1. The number of likely N-dealkylation sites (tertiary alicyclic amines) is 1. The van der Waals surface area contributed by atoms with Gasteiger partial charge in [0.15, 0.2) is 0 Å². The van der Waals surface area contributed by atoms with Crippen LogP contribution in [0.3, 0.4) is 0 Å². The van der Waals surface area contributed by atoms with Crippen LogP contribution in [-0.2, 0) is 0 Å². The van der Waals surface area contributed by atoms with Gasteiger partial charge in [0.2, 0.25) is 0 Å². The molecule has 0 saturated carbocycles. The third-order valence-electron chi connectivity index (χ3n) is 4.55. The Bertz CT molecular complexity index is 855. The van der Waals surface area contributed by atoms with Crippen molar-refractivity contribution < 1.29 is 4.79 Å². The van der Waals surface area contributed by atoms with Crippen LogP contribution in [0, 0.1) is 0 Å². The molecule has 1 aliphatic rings. The van der Waals surface area contributed by atoms with Crippen LogP contribution in [0.15, 0.2) is 54.0 Å². The normalized spacial score (nSPS) is 14.9. The highest BCUT2D eigenvalue weighted by atomic mass is 35.5. The highest BCUT2D eigenvalue weighted by molar-refractivity contribution is 7.13. The fourth-order valence-corrected chi connectivity index (χ4v) is 3.83. The van der Waals surface area contributed by atoms with Crippen molar-refractivity contribution in [2.45, 2.75) is 18.9 Å². The summed E-state index contributed by atoms with van der Waals surface area (Å²) in [5.74, 6) is 0.0393. The molecule has 4 rings (SSSR count). The van der Waals surface area contributed by atoms with Crippen LogP contribution in [0.4, 0.5) is 0 Å². The summed E-state index contributed by atoms with van der Waals surface area (Å²) in [5, 5.41) is 6.71. The minimum atomic E-state index is 0. The maximum atomic E-state index is 13.1. The molecule has 7 heteroatoms. The third-order valence-corrected chi connectivity index (χ3v) is 5.42. The van der Waals surface area contributed by atoms with E-state index in [2.05, 4.69) is 0 Å². The zero-order chi connectivity index (χ0) is 17.2. The summed E-state index contributed by atoms with van der Waals surface area (Å²) in [6.07, 6.45) is 3.56. The van der Waals surface area contributed by atoms with Gasteiger partial charge >= 0.3 is 0 Å².